The predicted octanol–water partition coefficient (Wildman–Crippen LogP) is 4.10. The van der Waals surface area contributed by atoms with E-state index >= 15 is 0 Å². The van der Waals surface area contributed by atoms with E-state index in [-0.39, 0.29) is 6.61 Å². The van der Waals surface area contributed by atoms with Crippen molar-refractivity contribution >= 4 is 5.97 Å². The van der Waals surface area contributed by atoms with Crippen molar-refractivity contribution in [3.63, 3.8) is 0 Å². The van der Waals surface area contributed by atoms with Crippen molar-refractivity contribution in [3.8, 4) is 11.8 Å². The molecule has 0 aliphatic heterocycles. The molecule has 0 spiro atoms. The van der Waals surface area contributed by atoms with Gasteiger partial charge in [-0.3, -0.25) is 0 Å². The third-order valence-electron chi connectivity index (χ3n) is 4.09. The molecule has 0 aliphatic carbocycles. The Morgan fingerprint density at radius 2 is 1.93 bits per heavy atom. The molecule has 27 heavy (non-hydrogen) atoms. The molecule has 1 aromatic heterocycles. The van der Waals surface area contributed by atoms with Crippen LogP contribution in [0.3, 0.4) is 0 Å². The summed E-state index contributed by atoms with van der Waals surface area (Å²) in [6.07, 6.45) is 0. The van der Waals surface area contributed by atoms with Gasteiger partial charge in [0.05, 0.1) is 28.5 Å². The average molecular weight is 362 g/mol. The molecule has 0 radical (unpaired) electrons. The van der Waals surface area contributed by atoms with Crippen molar-refractivity contribution < 1.29 is 18.8 Å². The highest BCUT2D eigenvalue weighted by Crippen LogP contribution is 2.19. The summed E-state index contributed by atoms with van der Waals surface area (Å²) in [6.45, 7) is 4.13. The highest BCUT2D eigenvalue weighted by atomic mass is 16.5. The molecule has 0 saturated heterocycles. The number of carbonyl (C=O) groups excluding carboxylic acids is 1. The summed E-state index contributed by atoms with van der Waals surface area (Å²) >= 11 is 0. The third kappa shape index (κ3) is 4.53. The van der Waals surface area contributed by atoms with Crippen molar-refractivity contribution in [2.24, 2.45) is 0 Å². The smallest absolute Gasteiger partial charge is 0.338 e. The molecule has 0 atom stereocenters. The van der Waals surface area contributed by atoms with E-state index in [1.54, 1.807) is 48.5 Å². The summed E-state index contributed by atoms with van der Waals surface area (Å²) in [5.41, 5.74) is 3.45. The number of rotatable bonds is 6. The second-order valence-electron chi connectivity index (χ2n) is 6.00. The van der Waals surface area contributed by atoms with Crippen molar-refractivity contribution in [1.29, 1.82) is 5.26 Å². The Morgan fingerprint density at radius 1 is 1.15 bits per heavy atom. The van der Waals surface area contributed by atoms with Gasteiger partial charge < -0.3 is 14.0 Å². The molecule has 0 saturated carbocycles. The molecule has 0 N–H and O–H groups in total. The van der Waals surface area contributed by atoms with Gasteiger partial charge in [0, 0.05) is 0 Å². The molecule has 0 unspecified atom stereocenters. The van der Waals surface area contributed by atoms with E-state index in [9.17, 15) is 4.79 Å². The molecule has 3 rings (SSSR count). The molecule has 1 heterocycles. The second kappa shape index (κ2) is 8.19. The maximum absolute atomic E-state index is 12.3. The monoisotopic (exact) mass is 362 g/mol. The van der Waals surface area contributed by atoms with Gasteiger partial charge in [0.25, 0.3) is 0 Å². The van der Waals surface area contributed by atoms with Gasteiger partial charge in [-0.05, 0) is 49.7 Å². The molecule has 0 aliphatic rings. The minimum atomic E-state index is -0.442. The van der Waals surface area contributed by atoms with Crippen molar-refractivity contribution in [1.82, 2.24) is 5.16 Å². The van der Waals surface area contributed by atoms with Crippen LogP contribution in [0.4, 0.5) is 0 Å². The van der Waals surface area contributed by atoms with Gasteiger partial charge in [-0.25, -0.2) is 4.79 Å². The fraction of sp³-hybridized carbons (Fsp3) is 0.190. The summed E-state index contributed by atoms with van der Waals surface area (Å²) in [5.74, 6) is 0.829. The molecule has 6 heteroatoms. The molecule has 0 fully saturated rings. The molecule has 0 bridgehead atoms. The minimum Gasteiger partial charge on any atom is -0.489 e. The molecular weight excluding hydrogens is 344 g/mol. The number of esters is 1. The van der Waals surface area contributed by atoms with Crippen LogP contribution in [0.1, 0.15) is 38.5 Å². The first-order valence-electron chi connectivity index (χ1n) is 8.37. The van der Waals surface area contributed by atoms with Crippen LogP contribution in [-0.4, -0.2) is 11.1 Å². The first-order chi connectivity index (χ1) is 13.1. The average Bonchev–Trinajstić information content (AvgIpc) is 3.02. The first-order valence-corrected chi connectivity index (χ1v) is 8.37. The Hall–Kier alpha value is -3.59. The van der Waals surface area contributed by atoms with Crippen LogP contribution in [-0.2, 0) is 18.0 Å². The summed E-state index contributed by atoms with van der Waals surface area (Å²) in [6, 6.07) is 15.8. The molecule has 6 nitrogen and oxygen atoms in total. The number of aryl methyl sites for hydroxylation is 2. The van der Waals surface area contributed by atoms with Crippen molar-refractivity contribution in [3.05, 3.63) is 82.2 Å². The number of hydrogen-bond donors (Lipinski definition) is 0. The van der Waals surface area contributed by atoms with Crippen LogP contribution >= 0.6 is 0 Å². The highest BCUT2D eigenvalue weighted by molar-refractivity contribution is 5.89. The van der Waals surface area contributed by atoms with Crippen LogP contribution in [0.15, 0.2) is 53.1 Å². The van der Waals surface area contributed by atoms with E-state index in [1.165, 1.54) is 0 Å². The topological polar surface area (TPSA) is 85.3 Å². The van der Waals surface area contributed by atoms with Crippen LogP contribution in [0, 0.1) is 25.2 Å². The lowest BCUT2D eigenvalue weighted by Crippen LogP contribution is -2.06. The van der Waals surface area contributed by atoms with Gasteiger partial charge in [-0.15, -0.1) is 0 Å². The van der Waals surface area contributed by atoms with Crippen molar-refractivity contribution in [2.45, 2.75) is 27.1 Å². The fourth-order valence-electron chi connectivity index (χ4n) is 2.48. The zero-order valence-corrected chi connectivity index (χ0v) is 15.1. The van der Waals surface area contributed by atoms with E-state index in [1.807, 2.05) is 19.9 Å². The zero-order valence-electron chi connectivity index (χ0n) is 15.1. The molecule has 0 amide bonds. The lowest BCUT2D eigenvalue weighted by atomic mass is 10.1. The number of ether oxygens (including phenoxy) is 2. The number of carbonyl (C=O) groups is 1. The summed E-state index contributed by atoms with van der Waals surface area (Å²) in [7, 11) is 0. The molecule has 3 aromatic rings. The van der Waals surface area contributed by atoms with E-state index < -0.39 is 5.97 Å². The van der Waals surface area contributed by atoms with Gasteiger partial charge in [-0.1, -0.05) is 23.4 Å². The Balaban J connectivity index is 1.60. The van der Waals surface area contributed by atoms with E-state index in [0.717, 1.165) is 16.8 Å². The SMILES string of the molecule is Cc1noc(C)c1COc1cccc(C(=O)OCc2ccc(C#N)cc2)c1. The van der Waals surface area contributed by atoms with E-state index in [0.29, 0.717) is 29.2 Å². The van der Waals surface area contributed by atoms with Crippen LogP contribution < -0.4 is 4.74 Å². The zero-order chi connectivity index (χ0) is 19.2. The number of aromatic nitrogens is 1. The maximum Gasteiger partial charge on any atom is 0.338 e. The predicted molar refractivity (Wildman–Crippen MR) is 97.0 cm³/mol. The molecular formula is C21H18N2O4. The lowest BCUT2D eigenvalue weighted by Gasteiger charge is -2.08. The van der Waals surface area contributed by atoms with Crippen molar-refractivity contribution in [2.75, 3.05) is 0 Å². The standard InChI is InChI=1S/C21H18N2O4/c1-14-20(15(2)27-23-14)13-25-19-5-3-4-18(10-19)21(24)26-12-17-8-6-16(11-22)7-9-17/h3-10H,12-13H2,1-2H3. The molecule has 2 aromatic carbocycles. The summed E-state index contributed by atoms with van der Waals surface area (Å²) in [5, 5.41) is 12.7. The van der Waals surface area contributed by atoms with Gasteiger partial charge >= 0.3 is 5.97 Å². The number of nitrogens with zero attached hydrogens (tertiary/aromatic N) is 2. The Morgan fingerprint density at radius 3 is 2.59 bits per heavy atom. The van der Waals surface area contributed by atoms with Crippen LogP contribution in [0.5, 0.6) is 5.75 Å². The van der Waals surface area contributed by atoms with Gasteiger partial charge in [-0.2, -0.15) is 5.26 Å². The Labute approximate surface area is 156 Å². The van der Waals surface area contributed by atoms with Gasteiger partial charge in [0.2, 0.25) is 0 Å². The number of nitriles is 1. The van der Waals surface area contributed by atoms with Crippen LogP contribution in [0.2, 0.25) is 0 Å². The number of hydrogen-bond acceptors (Lipinski definition) is 6. The number of benzene rings is 2. The lowest BCUT2D eigenvalue weighted by molar-refractivity contribution is 0.0472. The third-order valence-corrected chi connectivity index (χ3v) is 4.09. The van der Waals surface area contributed by atoms with Crippen LogP contribution in [0.25, 0.3) is 0 Å². The van der Waals surface area contributed by atoms with Gasteiger partial charge in [0.1, 0.15) is 24.7 Å². The largest absolute Gasteiger partial charge is 0.489 e. The quantitative estimate of drug-likeness (QED) is 0.614. The van der Waals surface area contributed by atoms with E-state index in [2.05, 4.69) is 5.16 Å². The summed E-state index contributed by atoms with van der Waals surface area (Å²) < 4.78 is 16.2. The molecule has 136 valence electrons. The highest BCUT2D eigenvalue weighted by Gasteiger charge is 2.12. The van der Waals surface area contributed by atoms with E-state index in [4.69, 9.17) is 19.3 Å². The van der Waals surface area contributed by atoms with Gasteiger partial charge in [0.15, 0.2) is 0 Å². The summed E-state index contributed by atoms with van der Waals surface area (Å²) in [4.78, 5) is 12.3. The maximum atomic E-state index is 12.3. The first kappa shape index (κ1) is 18.2. The minimum absolute atomic E-state index is 0.134. The second-order valence-corrected chi connectivity index (χ2v) is 6.00. The normalized spacial score (nSPS) is 10.3. The fourth-order valence-corrected chi connectivity index (χ4v) is 2.48. The Bertz CT molecular complexity index is 965. The Kier molecular flexibility index (Phi) is 5.53.